The highest BCUT2D eigenvalue weighted by Gasteiger charge is 2.13. The number of methoxy groups -OCH3 is 1. The van der Waals surface area contributed by atoms with E-state index < -0.39 is 11.9 Å². The van der Waals surface area contributed by atoms with E-state index in [0.29, 0.717) is 27.6 Å². The van der Waals surface area contributed by atoms with Crippen LogP contribution in [-0.2, 0) is 4.79 Å². The minimum absolute atomic E-state index is 0.207. The van der Waals surface area contributed by atoms with Crippen molar-refractivity contribution in [3.05, 3.63) is 88.4 Å². The summed E-state index contributed by atoms with van der Waals surface area (Å²) in [6, 6.07) is 18.6. The topological polar surface area (TPSA) is 86.2 Å². The van der Waals surface area contributed by atoms with Gasteiger partial charge in [0.05, 0.1) is 18.9 Å². The second kappa shape index (κ2) is 11.0. The number of aryl methyl sites for hydroxylation is 1. The molecule has 0 fully saturated rings. The summed E-state index contributed by atoms with van der Waals surface area (Å²) < 4.78 is 16.1. The summed E-state index contributed by atoms with van der Waals surface area (Å²) in [4.78, 5) is 24.3. The van der Waals surface area contributed by atoms with Gasteiger partial charge in [0.15, 0.2) is 18.1 Å². The van der Waals surface area contributed by atoms with E-state index in [-0.39, 0.29) is 12.4 Å². The molecule has 0 aliphatic carbocycles. The number of benzene rings is 3. The number of carbonyl (C=O) groups excluding carboxylic acids is 2. The Bertz CT molecular complexity index is 1110. The summed E-state index contributed by atoms with van der Waals surface area (Å²) in [5.74, 6) is 0.201. The van der Waals surface area contributed by atoms with Gasteiger partial charge in [0.2, 0.25) is 0 Å². The molecule has 0 saturated carbocycles. The van der Waals surface area contributed by atoms with Crippen molar-refractivity contribution in [2.24, 2.45) is 5.10 Å². The van der Waals surface area contributed by atoms with Gasteiger partial charge < -0.3 is 14.2 Å². The lowest BCUT2D eigenvalue weighted by atomic mass is 10.1. The van der Waals surface area contributed by atoms with Crippen LogP contribution in [0.2, 0.25) is 5.02 Å². The molecule has 8 heteroatoms. The van der Waals surface area contributed by atoms with Crippen LogP contribution in [0.4, 0.5) is 0 Å². The first kappa shape index (κ1) is 22.8. The van der Waals surface area contributed by atoms with Crippen LogP contribution in [0.1, 0.15) is 21.5 Å². The first-order valence-corrected chi connectivity index (χ1v) is 9.99. The van der Waals surface area contributed by atoms with Crippen LogP contribution in [0.25, 0.3) is 0 Å². The molecule has 164 valence electrons. The van der Waals surface area contributed by atoms with Crippen molar-refractivity contribution in [3.8, 4) is 17.2 Å². The van der Waals surface area contributed by atoms with Crippen LogP contribution in [0.5, 0.6) is 17.2 Å². The maximum Gasteiger partial charge on any atom is 0.343 e. The molecule has 0 spiro atoms. The third kappa shape index (κ3) is 6.58. The molecule has 0 bridgehead atoms. The molecule has 0 unspecified atom stereocenters. The quantitative estimate of drug-likeness (QED) is 0.237. The molecule has 0 heterocycles. The Morgan fingerprint density at radius 1 is 1.00 bits per heavy atom. The van der Waals surface area contributed by atoms with E-state index in [1.807, 2.05) is 19.1 Å². The Hall–Kier alpha value is -3.84. The highest BCUT2D eigenvalue weighted by atomic mass is 35.5. The second-order valence-electron chi connectivity index (χ2n) is 6.70. The van der Waals surface area contributed by atoms with Crippen molar-refractivity contribution >= 4 is 29.7 Å². The molecule has 0 radical (unpaired) electrons. The lowest BCUT2D eigenvalue weighted by Crippen LogP contribution is -2.24. The van der Waals surface area contributed by atoms with E-state index >= 15 is 0 Å². The zero-order valence-corrected chi connectivity index (χ0v) is 18.3. The van der Waals surface area contributed by atoms with Crippen molar-refractivity contribution in [2.45, 2.75) is 6.92 Å². The Balaban J connectivity index is 1.59. The van der Waals surface area contributed by atoms with Crippen LogP contribution in [-0.4, -0.2) is 31.8 Å². The maximum absolute atomic E-state index is 12.4. The summed E-state index contributed by atoms with van der Waals surface area (Å²) in [5, 5.41) is 4.48. The molecule has 0 saturated heterocycles. The van der Waals surface area contributed by atoms with Gasteiger partial charge in [-0.25, -0.2) is 10.2 Å². The van der Waals surface area contributed by atoms with Gasteiger partial charge in [0.25, 0.3) is 5.91 Å². The molecular formula is C24H21ClN2O5. The standard InChI is InChI=1S/C24H21ClN2O5/c1-16-3-6-18(7-4-16)24(29)32-22-13-17(5-12-21(22)30-2)14-26-27-23(28)15-31-20-10-8-19(25)9-11-20/h3-14H,15H2,1-2H3,(H,27,28)/b26-14-. The molecule has 3 rings (SSSR count). The highest BCUT2D eigenvalue weighted by Crippen LogP contribution is 2.28. The average Bonchev–Trinajstić information content (AvgIpc) is 2.79. The molecule has 0 aromatic heterocycles. The first-order chi connectivity index (χ1) is 15.4. The van der Waals surface area contributed by atoms with Crippen molar-refractivity contribution < 1.29 is 23.8 Å². The number of rotatable bonds is 8. The smallest absolute Gasteiger partial charge is 0.343 e. The van der Waals surface area contributed by atoms with E-state index in [0.717, 1.165) is 5.56 Å². The number of hydrogen-bond donors (Lipinski definition) is 1. The van der Waals surface area contributed by atoms with Gasteiger partial charge in [-0.1, -0.05) is 29.3 Å². The zero-order valence-electron chi connectivity index (χ0n) is 17.5. The molecule has 3 aromatic carbocycles. The molecule has 0 aliphatic rings. The van der Waals surface area contributed by atoms with Crippen molar-refractivity contribution in [3.63, 3.8) is 0 Å². The average molecular weight is 453 g/mol. The van der Waals surface area contributed by atoms with Crippen LogP contribution < -0.4 is 19.6 Å². The SMILES string of the molecule is COc1ccc(/C=N\NC(=O)COc2ccc(Cl)cc2)cc1OC(=O)c1ccc(C)cc1. The third-order valence-corrected chi connectivity index (χ3v) is 4.52. The number of hydrogen-bond acceptors (Lipinski definition) is 6. The molecule has 0 atom stereocenters. The van der Waals surface area contributed by atoms with Gasteiger partial charge in [-0.05, 0) is 67.1 Å². The summed E-state index contributed by atoms with van der Waals surface area (Å²) in [5.41, 5.74) is 4.43. The van der Waals surface area contributed by atoms with Gasteiger partial charge in [0, 0.05) is 5.02 Å². The highest BCUT2D eigenvalue weighted by molar-refractivity contribution is 6.30. The Morgan fingerprint density at radius 2 is 1.72 bits per heavy atom. The largest absolute Gasteiger partial charge is 0.493 e. The molecular weight excluding hydrogens is 432 g/mol. The summed E-state index contributed by atoms with van der Waals surface area (Å²) >= 11 is 5.81. The van der Waals surface area contributed by atoms with Crippen molar-refractivity contribution in [2.75, 3.05) is 13.7 Å². The maximum atomic E-state index is 12.4. The molecule has 3 aromatic rings. The minimum atomic E-state index is -0.509. The third-order valence-electron chi connectivity index (χ3n) is 4.26. The van der Waals surface area contributed by atoms with Gasteiger partial charge in [-0.15, -0.1) is 0 Å². The number of ether oxygens (including phenoxy) is 3. The van der Waals surface area contributed by atoms with Crippen LogP contribution in [0.15, 0.2) is 71.8 Å². The molecule has 7 nitrogen and oxygen atoms in total. The predicted molar refractivity (Wildman–Crippen MR) is 122 cm³/mol. The Kier molecular flexibility index (Phi) is 7.83. The van der Waals surface area contributed by atoms with Gasteiger partial charge in [-0.3, -0.25) is 4.79 Å². The monoisotopic (exact) mass is 452 g/mol. The van der Waals surface area contributed by atoms with Gasteiger partial charge in [-0.2, -0.15) is 5.10 Å². The summed E-state index contributed by atoms with van der Waals surface area (Å²) in [7, 11) is 1.48. The number of hydrazone groups is 1. The molecule has 1 amide bonds. The predicted octanol–water partition coefficient (Wildman–Crippen LogP) is 4.41. The van der Waals surface area contributed by atoms with Crippen LogP contribution >= 0.6 is 11.6 Å². The molecule has 32 heavy (non-hydrogen) atoms. The fourth-order valence-corrected chi connectivity index (χ4v) is 2.72. The Labute approximate surface area is 190 Å². The lowest BCUT2D eigenvalue weighted by Gasteiger charge is -2.10. The zero-order chi connectivity index (χ0) is 22.9. The normalized spacial score (nSPS) is 10.6. The number of carbonyl (C=O) groups is 2. The van der Waals surface area contributed by atoms with Crippen LogP contribution in [0.3, 0.4) is 0 Å². The second-order valence-corrected chi connectivity index (χ2v) is 7.14. The summed E-state index contributed by atoms with van der Waals surface area (Å²) in [6.07, 6.45) is 1.42. The fraction of sp³-hybridized carbons (Fsp3) is 0.125. The van der Waals surface area contributed by atoms with E-state index in [4.69, 9.17) is 25.8 Å². The van der Waals surface area contributed by atoms with Crippen LogP contribution in [0, 0.1) is 6.92 Å². The van der Waals surface area contributed by atoms with Crippen molar-refractivity contribution in [1.29, 1.82) is 0 Å². The van der Waals surface area contributed by atoms with Gasteiger partial charge in [0.1, 0.15) is 5.75 Å². The first-order valence-electron chi connectivity index (χ1n) is 9.62. The summed E-state index contributed by atoms with van der Waals surface area (Å²) in [6.45, 7) is 1.73. The van der Waals surface area contributed by atoms with E-state index in [9.17, 15) is 9.59 Å². The van der Waals surface area contributed by atoms with Gasteiger partial charge >= 0.3 is 5.97 Å². The number of nitrogens with zero attached hydrogens (tertiary/aromatic N) is 1. The number of nitrogens with one attached hydrogen (secondary N) is 1. The van der Waals surface area contributed by atoms with E-state index in [1.165, 1.54) is 13.3 Å². The fourth-order valence-electron chi connectivity index (χ4n) is 2.59. The number of amides is 1. The number of esters is 1. The Morgan fingerprint density at radius 3 is 2.41 bits per heavy atom. The van der Waals surface area contributed by atoms with Crippen molar-refractivity contribution in [1.82, 2.24) is 5.43 Å². The number of halogens is 1. The lowest BCUT2D eigenvalue weighted by molar-refractivity contribution is -0.123. The van der Waals surface area contributed by atoms with E-state index in [1.54, 1.807) is 54.6 Å². The molecule has 0 aliphatic heterocycles. The minimum Gasteiger partial charge on any atom is -0.493 e. The molecule has 1 N–H and O–H groups in total. The van der Waals surface area contributed by atoms with E-state index in [2.05, 4.69) is 10.5 Å².